The summed E-state index contributed by atoms with van der Waals surface area (Å²) >= 11 is 0. The van der Waals surface area contributed by atoms with E-state index in [-0.39, 0.29) is 13.0 Å². The van der Waals surface area contributed by atoms with Crippen LogP contribution in [0.5, 0.6) is 0 Å². The molecule has 142 valence electrons. The first-order chi connectivity index (χ1) is 12.8. The summed E-state index contributed by atoms with van der Waals surface area (Å²) in [7, 11) is -3.17. The Kier molecular flexibility index (Phi) is 4.94. The highest BCUT2D eigenvalue weighted by Crippen LogP contribution is 2.31. The monoisotopic (exact) mass is 394 g/mol. The normalized spacial score (nSPS) is 17.2. The number of rotatable bonds is 4. The molecule has 0 fully saturated rings. The molecule has 3 rings (SSSR count). The van der Waals surface area contributed by atoms with Gasteiger partial charge in [-0.3, -0.25) is 14.9 Å². The maximum atomic E-state index is 13.6. The number of nitro benzene ring substituents is 1. The maximum absolute atomic E-state index is 13.6. The lowest BCUT2D eigenvalue weighted by Gasteiger charge is -2.34. The zero-order chi connectivity index (χ0) is 19.8. The van der Waals surface area contributed by atoms with E-state index in [1.54, 1.807) is 24.3 Å². The predicted molar refractivity (Wildman–Crippen MR) is 91.7 cm³/mol. The van der Waals surface area contributed by atoms with Crippen molar-refractivity contribution in [2.75, 3.05) is 7.11 Å². The summed E-state index contributed by atoms with van der Waals surface area (Å²) in [5, 5.41) is 10.9. The number of nitro groups is 1. The summed E-state index contributed by atoms with van der Waals surface area (Å²) in [5.74, 6) is -1.89. The Labute approximate surface area is 154 Å². The van der Waals surface area contributed by atoms with Crippen LogP contribution in [0.15, 0.2) is 47.4 Å². The second kappa shape index (κ2) is 7.05. The maximum Gasteiger partial charge on any atom is 0.324 e. The third-order valence-corrected chi connectivity index (χ3v) is 6.25. The molecule has 8 nitrogen and oxygen atoms in total. The number of carbonyl (C=O) groups is 1. The molecule has 1 aliphatic heterocycles. The lowest BCUT2D eigenvalue weighted by molar-refractivity contribution is -0.387. The number of benzene rings is 2. The van der Waals surface area contributed by atoms with Crippen molar-refractivity contribution in [1.29, 1.82) is 0 Å². The fourth-order valence-electron chi connectivity index (χ4n) is 3.02. The van der Waals surface area contributed by atoms with Crippen LogP contribution in [0.3, 0.4) is 0 Å². The Morgan fingerprint density at radius 3 is 2.56 bits per heavy atom. The second-order valence-electron chi connectivity index (χ2n) is 5.93. The van der Waals surface area contributed by atoms with Crippen molar-refractivity contribution in [2.24, 2.45) is 0 Å². The summed E-state index contributed by atoms with van der Waals surface area (Å²) in [6.07, 6.45) is 0.103. The zero-order valence-corrected chi connectivity index (χ0v) is 15.0. The molecule has 0 saturated heterocycles. The number of methoxy groups -OCH3 is 1. The molecule has 1 aliphatic rings. The molecule has 0 amide bonds. The van der Waals surface area contributed by atoms with Gasteiger partial charge in [0.25, 0.3) is 0 Å². The van der Waals surface area contributed by atoms with E-state index >= 15 is 0 Å². The molecule has 0 spiro atoms. The van der Waals surface area contributed by atoms with Crippen LogP contribution in [0, 0.1) is 15.9 Å². The van der Waals surface area contributed by atoms with Crippen LogP contribution in [0.1, 0.15) is 11.1 Å². The van der Waals surface area contributed by atoms with Gasteiger partial charge in [0, 0.05) is 19.0 Å². The third kappa shape index (κ3) is 3.40. The average molecular weight is 394 g/mol. The van der Waals surface area contributed by atoms with Gasteiger partial charge in [0.1, 0.15) is 6.04 Å². The largest absolute Gasteiger partial charge is 0.468 e. The van der Waals surface area contributed by atoms with Crippen LogP contribution in [0.25, 0.3) is 0 Å². The van der Waals surface area contributed by atoms with Crippen molar-refractivity contribution < 1.29 is 27.3 Å². The summed E-state index contributed by atoms with van der Waals surface area (Å²) in [6, 6.07) is 8.23. The van der Waals surface area contributed by atoms with E-state index in [1.165, 1.54) is 0 Å². The van der Waals surface area contributed by atoms with E-state index in [2.05, 4.69) is 0 Å². The van der Waals surface area contributed by atoms with Crippen LogP contribution in [-0.4, -0.2) is 36.8 Å². The van der Waals surface area contributed by atoms with Gasteiger partial charge >= 0.3 is 11.7 Å². The molecule has 0 bridgehead atoms. The minimum Gasteiger partial charge on any atom is -0.468 e. The molecule has 0 saturated carbocycles. The van der Waals surface area contributed by atoms with E-state index < -0.39 is 43.4 Å². The van der Waals surface area contributed by atoms with E-state index in [1.807, 2.05) is 0 Å². The van der Waals surface area contributed by atoms with E-state index in [9.17, 15) is 27.7 Å². The number of fused-ring (bicyclic) bond motifs is 1. The second-order valence-corrected chi connectivity index (χ2v) is 7.82. The van der Waals surface area contributed by atoms with Crippen molar-refractivity contribution in [3.63, 3.8) is 0 Å². The van der Waals surface area contributed by atoms with Gasteiger partial charge in [-0.25, -0.2) is 8.42 Å². The van der Waals surface area contributed by atoms with Crippen molar-refractivity contribution in [3.8, 4) is 0 Å². The molecule has 0 aromatic heterocycles. The van der Waals surface area contributed by atoms with Crippen molar-refractivity contribution >= 4 is 21.7 Å². The number of hydrogen-bond acceptors (Lipinski definition) is 6. The smallest absolute Gasteiger partial charge is 0.324 e. The van der Waals surface area contributed by atoms with Crippen LogP contribution < -0.4 is 0 Å². The van der Waals surface area contributed by atoms with Crippen LogP contribution in [-0.2, 0) is 32.5 Å². The molecular weight excluding hydrogens is 379 g/mol. The molecule has 1 atom stereocenters. The topological polar surface area (TPSA) is 107 Å². The molecule has 0 radical (unpaired) electrons. The lowest BCUT2D eigenvalue weighted by Crippen LogP contribution is -2.49. The Bertz CT molecular complexity index is 1020. The van der Waals surface area contributed by atoms with Crippen molar-refractivity contribution in [3.05, 3.63) is 69.5 Å². The van der Waals surface area contributed by atoms with Gasteiger partial charge < -0.3 is 4.74 Å². The Morgan fingerprint density at radius 2 is 1.93 bits per heavy atom. The molecule has 1 heterocycles. The molecular formula is C17H15FN2O6S. The number of esters is 1. The summed E-state index contributed by atoms with van der Waals surface area (Å²) < 4.78 is 45.4. The third-order valence-electron chi connectivity index (χ3n) is 4.40. The Balaban J connectivity index is 2.10. The highest BCUT2D eigenvalue weighted by Gasteiger charge is 2.40. The van der Waals surface area contributed by atoms with Crippen LogP contribution >= 0.6 is 0 Å². The SMILES string of the molecule is COC(=O)[C@@H]1Cc2ccccc2CN1S(=O)(=O)c1ccc(F)c([N+](=O)[O-])c1. The Morgan fingerprint density at radius 1 is 1.26 bits per heavy atom. The lowest BCUT2D eigenvalue weighted by atomic mass is 9.96. The summed E-state index contributed by atoms with van der Waals surface area (Å²) in [5.41, 5.74) is 0.561. The van der Waals surface area contributed by atoms with Crippen molar-refractivity contribution in [1.82, 2.24) is 4.31 Å². The minimum absolute atomic E-state index is 0.103. The van der Waals surface area contributed by atoms with Gasteiger partial charge in [0.05, 0.1) is 16.9 Å². The number of nitrogens with zero attached hydrogens (tertiary/aromatic N) is 2. The fraction of sp³-hybridized carbons (Fsp3) is 0.235. The number of halogens is 1. The van der Waals surface area contributed by atoms with Crippen LogP contribution in [0.2, 0.25) is 0 Å². The molecule has 2 aromatic carbocycles. The first-order valence-electron chi connectivity index (χ1n) is 7.86. The first kappa shape index (κ1) is 18.9. The molecule has 2 aromatic rings. The molecule has 0 N–H and O–H groups in total. The minimum atomic E-state index is -4.32. The molecule has 27 heavy (non-hydrogen) atoms. The van der Waals surface area contributed by atoms with Gasteiger partial charge in [-0.15, -0.1) is 0 Å². The van der Waals surface area contributed by atoms with Gasteiger partial charge in [-0.1, -0.05) is 24.3 Å². The molecule has 0 aliphatic carbocycles. The Hall–Kier alpha value is -2.85. The van der Waals surface area contributed by atoms with Gasteiger partial charge in [0.15, 0.2) is 0 Å². The number of sulfonamides is 1. The number of carbonyl (C=O) groups excluding carboxylic acids is 1. The van der Waals surface area contributed by atoms with Crippen LogP contribution in [0.4, 0.5) is 10.1 Å². The zero-order valence-electron chi connectivity index (χ0n) is 14.2. The van der Waals surface area contributed by atoms with E-state index in [4.69, 9.17) is 4.74 Å². The predicted octanol–water partition coefficient (Wildman–Crippen LogP) is 2.02. The van der Waals surface area contributed by atoms with Gasteiger partial charge in [-0.2, -0.15) is 8.70 Å². The highest BCUT2D eigenvalue weighted by atomic mass is 32.2. The highest BCUT2D eigenvalue weighted by molar-refractivity contribution is 7.89. The molecule has 0 unspecified atom stereocenters. The van der Waals surface area contributed by atoms with Gasteiger partial charge in [0.2, 0.25) is 15.8 Å². The summed E-state index contributed by atoms with van der Waals surface area (Å²) in [6.45, 7) is -0.108. The van der Waals surface area contributed by atoms with E-state index in [0.717, 1.165) is 29.1 Å². The summed E-state index contributed by atoms with van der Waals surface area (Å²) in [4.78, 5) is 21.7. The number of ether oxygens (including phenoxy) is 1. The van der Waals surface area contributed by atoms with Gasteiger partial charge in [-0.05, 0) is 23.3 Å². The fourth-order valence-corrected chi connectivity index (χ4v) is 4.59. The standard InChI is InChI=1S/C17H15FN2O6S/c1-26-17(21)16-8-11-4-2-3-5-12(11)10-19(16)27(24,25)13-6-7-14(18)15(9-13)20(22)23/h2-7,9,16H,8,10H2,1H3/t16-/m0/s1. The van der Waals surface area contributed by atoms with Crippen molar-refractivity contribution in [2.45, 2.75) is 23.9 Å². The average Bonchev–Trinajstić information content (AvgIpc) is 2.66. The molecule has 10 heteroatoms. The first-order valence-corrected chi connectivity index (χ1v) is 9.30. The quantitative estimate of drug-likeness (QED) is 0.446. The van der Waals surface area contributed by atoms with E-state index in [0.29, 0.717) is 11.6 Å². The number of hydrogen-bond donors (Lipinski definition) is 0.